The van der Waals surface area contributed by atoms with E-state index < -0.39 is 6.04 Å². The molecule has 6 nitrogen and oxygen atoms in total. The monoisotopic (exact) mass is 242 g/mol. The maximum Gasteiger partial charge on any atom is 0.237 e. The number of primary amides is 1. The normalized spacial score (nSPS) is 19.9. The van der Waals surface area contributed by atoms with Crippen molar-refractivity contribution >= 4 is 11.8 Å². The lowest BCUT2D eigenvalue weighted by atomic mass is 10.0. The summed E-state index contributed by atoms with van der Waals surface area (Å²) in [4.78, 5) is 24.3. The minimum absolute atomic E-state index is 0.0825. The van der Waals surface area contributed by atoms with Crippen LogP contribution in [-0.4, -0.2) is 48.4 Å². The number of likely N-dealkylation sites (tertiary alicyclic amines) is 1. The highest BCUT2D eigenvalue weighted by Gasteiger charge is 2.22. The zero-order chi connectivity index (χ0) is 12.8. The van der Waals surface area contributed by atoms with Gasteiger partial charge in [-0.3, -0.25) is 14.5 Å². The SMILES string of the molecule is CC[C@H](N)C(=O)NC1CCN(CC(N)=O)CC1. The number of nitrogens with two attached hydrogens (primary N) is 2. The van der Waals surface area contributed by atoms with Gasteiger partial charge in [-0.2, -0.15) is 0 Å². The van der Waals surface area contributed by atoms with Gasteiger partial charge in [0.25, 0.3) is 0 Å². The molecule has 1 fully saturated rings. The van der Waals surface area contributed by atoms with Gasteiger partial charge in [0.05, 0.1) is 12.6 Å². The van der Waals surface area contributed by atoms with Crippen LogP contribution in [0.1, 0.15) is 26.2 Å². The molecular weight excluding hydrogens is 220 g/mol. The number of nitrogens with zero attached hydrogens (tertiary/aromatic N) is 1. The summed E-state index contributed by atoms with van der Waals surface area (Å²) in [7, 11) is 0. The lowest BCUT2D eigenvalue weighted by Gasteiger charge is -2.31. The van der Waals surface area contributed by atoms with Crippen LogP contribution < -0.4 is 16.8 Å². The standard InChI is InChI=1S/C11H22N4O2/c1-2-9(12)11(17)14-8-3-5-15(6-4-8)7-10(13)16/h8-9H,2-7,12H2,1H3,(H2,13,16)(H,14,17)/t9-/m0/s1. The first-order valence-corrected chi connectivity index (χ1v) is 6.09. The van der Waals surface area contributed by atoms with Gasteiger partial charge < -0.3 is 16.8 Å². The summed E-state index contributed by atoms with van der Waals surface area (Å²) in [5.74, 6) is -0.388. The average Bonchev–Trinajstić information content (AvgIpc) is 2.30. The first-order valence-electron chi connectivity index (χ1n) is 6.09. The van der Waals surface area contributed by atoms with Crippen LogP contribution in [0.2, 0.25) is 0 Å². The van der Waals surface area contributed by atoms with E-state index in [1.165, 1.54) is 0 Å². The fourth-order valence-electron chi connectivity index (χ4n) is 1.95. The molecule has 5 N–H and O–H groups in total. The third-order valence-corrected chi connectivity index (χ3v) is 3.09. The van der Waals surface area contributed by atoms with Crippen LogP contribution in [-0.2, 0) is 9.59 Å². The molecule has 1 aliphatic rings. The second-order valence-electron chi connectivity index (χ2n) is 4.54. The van der Waals surface area contributed by atoms with Crippen LogP contribution >= 0.6 is 0 Å². The van der Waals surface area contributed by atoms with Crippen molar-refractivity contribution in [2.24, 2.45) is 11.5 Å². The molecule has 0 unspecified atom stereocenters. The van der Waals surface area contributed by atoms with Gasteiger partial charge in [0.2, 0.25) is 11.8 Å². The van der Waals surface area contributed by atoms with Gasteiger partial charge in [-0.25, -0.2) is 0 Å². The smallest absolute Gasteiger partial charge is 0.237 e. The van der Waals surface area contributed by atoms with Gasteiger partial charge in [-0.1, -0.05) is 6.92 Å². The molecule has 0 aromatic heterocycles. The number of nitrogens with one attached hydrogen (secondary N) is 1. The minimum Gasteiger partial charge on any atom is -0.369 e. The Labute approximate surface area is 102 Å². The zero-order valence-corrected chi connectivity index (χ0v) is 10.3. The Balaban J connectivity index is 2.27. The Morgan fingerprint density at radius 3 is 2.47 bits per heavy atom. The van der Waals surface area contributed by atoms with E-state index in [-0.39, 0.29) is 17.9 Å². The number of piperidine rings is 1. The first kappa shape index (κ1) is 13.9. The Morgan fingerprint density at radius 2 is 2.00 bits per heavy atom. The van der Waals surface area contributed by atoms with Crippen molar-refractivity contribution in [1.29, 1.82) is 0 Å². The van der Waals surface area contributed by atoms with E-state index in [0.717, 1.165) is 25.9 Å². The summed E-state index contributed by atoms with van der Waals surface area (Å²) in [5, 5.41) is 2.94. The predicted molar refractivity (Wildman–Crippen MR) is 65.1 cm³/mol. The van der Waals surface area contributed by atoms with Crippen LogP contribution in [0, 0.1) is 0 Å². The highest BCUT2D eigenvalue weighted by atomic mass is 16.2. The molecular formula is C11H22N4O2. The fourth-order valence-corrected chi connectivity index (χ4v) is 1.95. The van der Waals surface area contributed by atoms with Crippen LogP contribution in [0.5, 0.6) is 0 Å². The lowest BCUT2D eigenvalue weighted by molar-refractivity contribution is -0.124. The Bertz CT molecular complexity index is 275. The third-order valence-electron chi connectivity index (χ3n) is 3.09. The van der Waals surface area contributed by atoms with Crippen molar-refractivity contribution in [1.82, 2.24) is 10.2 Å². The van der Waals surface area contributed by atoms with Gasteiger partial charge in [0.15, 0.2) is 0 Å². The fraction of sp³-hybridized carbons (Fsp3) is 0.818. The summed E-state index contributed by atoms with van der Waals surface area (Å²) >= 11 is 0. The third kappa shape index (κ3) is 4.70. The highest BCUT2D eigenvalue weighted by Crippen LogP contribution is 2.09. The molecule has 0 aromatic carbocycles. The maximum atomic E-state index is 11.6. The van der Waals surface area contributed by atoms with E-state index in [9.17, 15) is 9.59 Å². The van der Waals surface area contributed by atoms with Crippen LogP contribution in [0.15, 0.2) is 0 Å². The van der Waals surface area contributed by atoms with Crippen LogP contribution in [0.3, 0.4) is 0 Å². The second-order valence-corrected chi connectivity index (χ2v) is 4.54. The van der Waals surface area contributed by atoms with Crippen molar-refractivity contribution in [3.8, 4) is 0 Å². The van der Waals surface area contributed by atoms with Crippen LogP contribution in [0.25, 0.3) is 0 Å². The number of amides is 2. The molecule has 6 heteroatoms. The predicted octanol–water partition coefficient (Wildman–Crippen LogP) is -1.21. The van der Waals surface area contributed by atoms with Crippen molar-refractivity contribution in [3.05, 3.63) is 0 Å². The number of carbonyl (C=O) groups excluding carboxylic acids is 2. The van der Waals surface area contributed by atoms with E-state index in [1.807, 2.05) is 11.8 Å². The minimum atomic E-state index is -0.418. The van der Waals surface area contributed by atoms with Gasteiger partial charge in [0.1, 0.15) is 0 Å². The molecule has 0 aliphatic carbocycles. The first-order chi connectivity index (χ1) is 8.02. The van der Waals surface area contributed by atoms with Crippen molar-refractivity contribution < 1.29 is 9.59 Å². The molecule has 1 atom stereocenters. The molecule has 1 aliphatic heterocycles. The number of carbonyl (C=O) groups is 2. The summed E-state index contributed by atoms with van der Waals surface area (Å²) in [6.07, 6.45) is 2.33. The quantitative estimate of drug-likeness (QED) is 0.563. The lowest BCUT2D eigenvalue weighted by Crippen LogP contribution is -2.50. The van der Waals surface area contributed by atoms with Crippen molar-refractivity contribution in [2.45, 2.75) is 38.3 Å². The van der Waals surface area contributed by atoms with Crippen molar-refractivity contribution in [3.63, 3.8) is 0 Å². The maximum absolute atomic E-state index is 11.6. The van der Waals surface area contributed by atoms with E-state index in [4.69, 9.17) is 11.5 Å². The molecule has 0 spiro atoms. The Hall–Kier alpha value is -1.14. The second kappa shape index (κ2) is 6.56. The summed E-state index contributed by atoms with van der Waals surface area (Å²) < 4.78 is 0. The molecule has 2 amide bonds. The molecule has 98 valence electrons. The van der Waals surface area contributed by atoms with E-state index >= 15 is 0 Å². The Morgan fingerprint density at radius 1 is 1.41 bits per heavy atom. The van der Waals surface area contributed by atoms with Gasteiger partial charge in [-0.15, -0.1) is 0 Å². The number of rotatable bonds is 5. The molecule has 1 rings (SSSR count). The summed E-state index contributed by atoms with van der Waals surface area (Å²) in [6, 6.07) is -0.247. The number of hydrogen-bond acceptors (Lipinski definition) is 4. The van der Waals surface area contributed by atoms with Crippen LogP contribution in [0.4, 0.5) is 0 Å². The van der Waals surface area contributed by atoms with Gasteiger partial charge in [0, 0.05) is 19.1 Å². The molecule has 0 aromatic rings. The summed E-state index contributed by atoms with van der Waals surface area (Å²) in [5.41, 5.74) is 10.8. The van der Waals surface area contributed by atoms with Gasteiger partial charge in [-0.05, 0) is 19.3 Å². The molecule has 17 heavy (non-hydrogen) atoms. The molecule has 0 bridgehead atoms. The Kier molecular flexibility index (Phi) is 5.37. The zero-order valence-electron chi connectivity index (χ0n) is 10.3. The summed E-state index contributed by atoms with van der Waals surface area (Å²) in [6.45, 7) is 3.76. The molecule has 0 radical (unpaired) electrons. The average molecular weight is 242 g/mol. The van der Waals surface area contributed by atoms with Gasteiger partial charge >= 0.3 is 0 Å². The number of hydrogen-bond donors (Lipinski definition) is 3. The van der Waals surface area contributed by atoms with E-state index in [2.05, 4.69) is 5.32 Å². The molecule has 1 saturated heterocycles. The van der Waals surface area contributed by atoms with E-state index in [0.29, 0.717) is 13.0 Å². The molecule has 1 heterocycles. The van der Waals surface area contributed by atoms with Crippen molar-refractivity contribution in [2.75, 3.05) is 19.6 Å². The largest absolute Gasteiger partial charge is 0.369 e. The highest BCUT2D eigenvalue weighted by molar-refractivity contribution is 5.81. The topological polar surface area (TPSA) is 101 Å². The molecule has 0 saturated carbocycles. The van der Waals surface area contributed by atoms with E-state index in [1.54, 1.807) is 0 Å².